The largest absolute Gasteiger partial charge is 0.493 e. The molecule has 0 atom stereocenters. The molecule has 7 nitrogen and oxygen atoms in total. The average Bonchev–Trinajstić information content (AvgIpc) is 2.96. The fourth-order valence-corrected chi connectivity index (χ4v) is 4.15. The lowest BCUT2D eigenvalue weighted by atomic mass is 10.0. The Labute approximate surface area is 232 Å². The summed E-state index contributed by atoms with van der Waals surface area (Å²) in [5.74, 6) is 0.550. The third-order valence-corrected chi connectivity index (χ3v) is 6.34. The summed E-state index contributed by atoms with van der Waals surface area (Å²) in [5, 5.41) is 6.21. The van der Waals surface area contributed by atoms with Gasteiger partial charge in [-0.25, -0.2) is 0 Å². The lowest BCUT2D eigenvalue weighted by Gasteiger charge is -2.13. The Morgan fingerprint density at radius 2 is 1.56 bits per heavy atom. The molecule has 0 heterocycles. The highest BCUT2D eigenvalue weighted by atomic mass is 35.5. The Hall–Kier alpha value is -4.75. The molecule has 0 spiro atoms. The molecule has 0 bridgehead atoms. The molecule has 0 fully saturated rings. The number of anilines is 2. The molecular formula is C31H28ClN3O4. The number of benzene rings is 4. The van der Waals surface area contributed by atoms with E-state index in [4.69, 9.17) is 26.8 Å². The van der Waals surface area contributed by atoms with Crippen LogP contribution in [-0.2, 0) is 11.3 Å². The van der Waals surface area contributed by atoms with Crippen LogP contribution in [0.25, 0.3) is 11.6 Å². The summed E-state index contributed by atoms with van der Waals surface area (Å²) < 4.78 is 10.7. The quantitative estimate of drug-likeness (QED) is 0.136. The van der Waals surface area contributed by atoms with E-state index in [1.165, 1.54) is 0 Å². The summed E-state index contributed by atoms with van der Waals surface area (Å²) in [6.45, 7) is 0.250. The van der Waals surface area contributed by atoms with Crippen molar-refractivity contribution in [2.45, 2.75) is 6.54 Å². The zero-order valence-corrected chi connectivity index (χ0v) is 22.3. The molecule has 0 aliphatic rings. The van der Waals surface area contributed by atoms with Gasteiger partial charge >= 0.3 is 0 Å². The number of carbonyl (C=O) groups is 2. The van der Waals surface area contributed by atoms with Gasteiger partial charge in [-0.15, -0.1) is 0 Å². The smallest absolute Gasteiger partial charge is 0.255 e. The van der Waals surface area contributed by atoms with Crippen molar-refractivity contribution in [2.75, 3.05) is 25.3 Å². The Balaban J connectivity index is 1.51. The van der Waals surface area contributed by atoms with Crippen molar-refractivity contribution >= 4 is 46.4 Å². The number of ether oxygens (including phenoxy) is 2. The molecule has 4 aromatic carbocycles. The maximum atomic E-state index is 13.4. The van der Waals surface area contributed by atoms with E-state index in [1.54, 1.807) is 93.1 Å². The van der Waals surface area contributed by atoms with Crippen LogP contribution >= 0.6 is 11.6 Å². The Bertz CT molecular complexity index is 1520. The van der Waals surface area contributed by atoms with Crippen LogP contribution in [0.1, 0.15) is 27.0 Å². The van der Waals surface area contributed by atoms with Gasteiger partial charge in [-0.05, 0) is 59.7 Å². The first-order valence-corrected chi connectivity index (χ1v) is 12.5. The molecule has 4 N–H and O–H groups in total. The predicted molar refractivity (Wildman–Crippen MR) is 156 cm³/mol. The molecular weight excluding hydrogens is 514 g/mol. The number of methoxy groups -OCH3 is 2. The fraction of sp³-hybridized carbons (Fsp3) is 0.0968. The summed E-state index contributed by atoms with van der Waals surface area (Å²) >= 11 is 6.46. The minimum atomic E-state index is -0.306. The SMILES string of the molecule is COc1ccc(C=C(C(=O)NCc2ccc(C(=O)Nc3ccccc3N)cc2)c2ccccc2Cl)cc1OC. The Morgan fingerprint density at radius 3 is 2.26 bits per heavy atom. The third kappa shape index (κ3) is 6.77. The predicted octanol–water partition coefficient (Wildman–Crippen LogP) is 6.05. The highest BCUT2D eigenvalue weighted by molar-refractivity contribution is 6.36. The molecule has 0 radical (unpaired) electrons. The van der Waals surface area contributed by atoms with Crippen molar-refractivity contribution in [1.29, 1.82) is 0 Å². The monoisotopic (exact) mass is 541 g/mol. The first-order chi connectivity index (χ1) is 18.9. The van der Waals surface area contributed by atoms with Crippen LogP contribution in [-0.4, -0.2) is 26.0 Å². The minimum Gasteiger partial charge on any atom is -0.493 e. The van der Waals surface area contributed by atoms with Crippen LogP contribution in [0, 0.1) is 0 Å². The van der Waals surface area contributed by atoms with Gasteiger partial charge in [0.2, 0.25) is 0 Å². The molecule has 4 aromatic rings. The number of para-hydroxylation sites is 2. The molecule has 8 heteroatoms. The van der Waals surface area contributed by atoms with E-state index in [-0.39, 0.29) is 18.4 Å². The number of hydrogen-bond acceptors (Lipinski definition) is 5. The lowest BCUT2D eigenvalue weighted by Crippen LogP contribution is -2.24. The molecule has 198 valence electrons. The number of nitrogens with one attached hydrogen (secondary N) is 2. The molecule has 2 amide bonds. The van der Waals surface area contributed by atoms with Crippen LogP contribution in [0.2, 0.25) is 5.02 Å². The van der Waals surface area contributed by atoms with Gasteiger partial charge in [0.25, 0.3) is 11.8 Å². The van der Waals surface area contributed by atoms with E-state index < -0.39 is 0 Å². The summed E-state index contributed by atoms with van der Waals surface area (Å²) in [6.07, 6.45) is 1.75. The molecule has 0 saturated heterocycles. The number of nitrogen functional groups attached to an aromatic ring is 1. The second kappa shape index (κ2) is 12.7. The van der Waals surface area contributed by atoms with Gasteiger partial charge in [0.15, 0.2) is 11.5 Å². The van der Waals surface area contributed by atoms with E-state index in [0.717, 1.165) is 11.1 Å². The minimum absolute atomic E-state index is 0.250. The topological polar surface area (TPSA) is 103 Å². The van der Waals surface area contributed by atoms with E-state index in [0.29, 0.717) is 44.6 Å². The lowest BCUT2D eigenvalue weighted by molar-refractivity contribution is -0.115. The van der Waals surface area contributed by atoms with Crippen molar-refractivity contribution in [3.8, 4) is 11.5 Å². The van der Waals surface area contributed by atoms with E-state index >= 15 is 0 Å². The number of amides is 2. The van der Waals surface area contributed by atoms with Crippen LogP contribution in [0.5, 0.6) is 11.5 Å². The van der Waals surface area contributed by atoms with Crippen molar-refractivity contribution in [3.05, 3.63) is 118 Å². The van der Waals surface area contributed by atoms with Gasteiger partial charge in [-0.2, -0.15) is 0 Å². The maximum Gasteiger partial charge on any atom is 0.255 e. The summed E-state index contributed by atoms with van der Waals surface area (Å²) in [5.41, 5.74) is 9.97. The van der Waals surface area contributed by atoms with Gasteiger partial charge < -0.3 is 25.8 Å². The number of hydrogen-bond donors (Lipinski definition) is 3. The van der Waals surface area contributed by atoms with Crippen LogP contribution in [0.15, 0.2) is 91.0 Å². The summed E-state index contributed by atoms with van der Waals surface area (Å²) in [7, 11) is 3.12. The zero-order chi connectivity index (χ0) is 27.8. The van der Waals surface area contributed by atoms with Crippen LogP contribution in [0.3, 0.4) is 0 Å². The van der Waals surface area contributed by atoms with Crippen LogP contribution < -0.4 is 25.8 Å². The number of nitrogens with two attached hydrogens (primary N) is 1. The van der Waals surface area contributed by atoms with Crippen molar-refractivity contribution < 1.29 is 19.1 Å². The third-order valence-electron chi connectivity index (χ3n) is 6.01. The van der Waals surface area contributed by atoms with Crippen molar-refractivity contribution in [3.63, 3.8) is 0 Å². The molecule has 0 aliphatic heterocycles. The van der Waals surface area contributed by atoms with Crippen LogP contribution in [0.4, 0.5) is 11.4 Å². The Morgan fingerprint density at radius 1 is 0.872 bits per heavy atom. The second-order valence-corrected chi connectivity index (χ2v) is 8.98. The first kappa shape index (κ1) is 27.3. The molecule has 39 heavy (non-hydrogen) atoms. The van der Waals surface area contributed by atoms with E-state index in [9.17, 15) is 9.59 Å². The maximum absolute atomic E-state index is 13.4. The molecule has 0 aliphatic carbocycles. The standard InChI is InChI=1S/C31H28ClN3O4/c1-38-28-16-13-21(18-29(28)39-2)17-24(23-7-3-4-8-25(23)32)31(37)34-19-20-11-14-22(15-12-20)30(36)35-27-10-6-5-9-26(27)33/h3-18H,19,33H2,1-2H3,(H,34,37)(H,35,36). The van der Waals surface area contributed by atoms with E-state index in [2.05, 4.69) is 10.6 Å². The number of halogens is 1. The first-order valence-electron chi connectivity index (χ1n) is 12.1. The normalized spacial score (nSPS) is 11.0. The highest BCUT2D eigenvalue weighted by Crippen LogP contribution is 2.31. The van der Waals surface area contributed by atoms with E-state index in [1.807, 2.05) is 18.2 Å². The second-order valence-electron chi connectivity index (χ2n) is 8.57. The van der Waals surface area contributed by atoms with Gasteiger partial charge in [0.05, 0.1) is 25.6 Å². The Kier molecular flexibility index (Phi) is 8.86. The van der Waals surface area contributed by atoms with Gasteiger partial charge in [0.1, 0.15) is 0 Å². The van der Waals surface area contributed by atoms with Gasteiger partial charge in [0, 0.05) is 28.3 Å². The molecule has 0 unspecified atom stereocenters. The zero-order valence-electron chi connectivity index (χ0n) is 21.5. The van der Waals surface area contributed by atoms with Crippen molar-refractivity contribution in [1.82, 2.24) is 5.32 Å². The number of carbonyl (C=O) groups excluding carboxylic acids is 2. The van der Waals surface area contributed by atoms with Gasteiger partial charge in [-0.3, -0.25) is 9.59 Å². The molecule has 4 rings (SSSR count). The number of rotatable bonds is 9. The molecule has 0 aromatic heterocycles. The summed E-state index contributed by atoms with van der Waals surface area (Å²) in [4.78, 5) is 26.0. The fourth-order valence-electron chi connectivity index (χ4n) is 3.91. The van der Waals surface area contributed by atoms with Crippen molar-refractivity contribution in [2.24, 2.45) is 0 Å². The average molecular weight is 542 g/mol. The van der Waals surface area contributed by atoms with Gasteiger partial charge in [-0.1, -0.05) is 60.1 Å². The highest BCUT2D eigenvalue weighted by Gasteiger charge is 2.16. The summed E-state index contributed by atoms with van der Waals surface area (Å²) in [6, 6.07) is 26.6. The molecule has 0 saturated carbocycles.